The Hall–Kier alpha value is -3.78. The summed E-state index contributed by atoms with van der Waals surface area (Å²) in [6.07, 6.45) is -1.19. The smallest absolute Gasteiger partial charge is 0.308 e. The van der Waals surface area contributed by atoms with Gasteiger partial charge in [0.1, 0.15) is 5.84 Å². The molecule has 0 aromatic heterocycles. The minimum absolute atomic E-state index is 0.00601. The van der Waals surface area contributed by atoms with Crippen LogP contribution in [0.3, 0.4) is 0 Å². The molecule has 32 heavy (non-hydrogen) atoms. The number of benzene rings is 3. The van der Waals surface area contributed by atoms with E-state index in [1.165, 1.54) is 6.07 Å². The number of aliphatic imine (C=N–C) groups is 1. The Morgan fingerprint density at radius 2 is 1.50 bits per heavy atom. The van der Waals surface area contributed by atoms with Crippen LogP contribution in [-0.4, -0.2) is 32.6 Å². The zero-order valence-corrected chi connectivity index (χ0v) is 17.8. The first-order valence-corrected chi connectivity index (χ1v) is 11.4. The molecule has 3 aromatic carbocycles. The minimum Gasteiger partial charge on any atom is -0.449 e. The molecular formula is C24H20N2O5S. The molecular weight excluding hydrogens is 428 g/mol. The molecule has 1 N–H and O–H groups in total. The van der Waals surface area contributed by atoms with Gasteiger partial charge in [0, 0.05) is 16.7 Å². The SMILES string of the molecule is O=C(CCN=C1NS(=O)(=O)c2ccccc21)OC(C(=O)c1ccccc1)c1ccccc1. The first-order valence-electron chi connectivity index (χ1n) is 9.96. The fourth-order valence-corrected chi connectivity index (χ4v) is 4.61. The molecule has 1 unspecified atom stereocenters. The number of esters is 1. The summed E-state index contributed by atoms with van der Waals surface area (Å²) >= 11 is 0. The van der Waals surface area contributed by atoms with Crippen molar-refractivity contribution in [2.45, 2.75) is 17.4 Å². The highest BCUT2D eigenvalue weighted by atomic mass is 32.2. The lowest BCUT2D eigenvalue weighted by molar-refractivity contribution is -0.147. The summed E-state index contributed by atoms with van der Waals surface area (Å²) in [5, 5.41) is 0. The van der Waals surface area contributed by atoms with Gasteiger partial charge in [0.25, 0.3) is 10.0 Å². The summed E-state index contributed by atoms with van der Waals surface area (Å²) in [5.74, 6) is -0.746. The summed E-state index contributed by atoms with van der Waals surface area (Å²) in [6, 6.07) is 23.9. The van der Waals surface area contributed by atoms with Crippen LogP contribution < -0.4 is 4.72 Å². The standard InChI is InChI=1S/C24H20N2O5S/c27-21(15-16-25-24-19-13-7-8-14-20(19)32(29,30)26-24)31-23(18-11-5-2-6-12-18)22(28)17-9-3-1-4-10-17/h1-14,23H,15-16H2,(H,25,26). The molecule has 0 saturated carbocycles. The largest absolute Gasteiger partial charge is 0.449 e. The molecule has 0 aliphatic carbocycles. The number of amidine groups is 1. The predicted molar refractivity (Wildman–Crippen MR) is 119 cm³/mol. The number of Topliss-reactive ketones (excluding diaryl/α,β-unsaturated/α-hetero) is 1. The topological polar surface area (TPSA) is 102 Å². The van der Waals surface area contributed by atoms with Gasteiger partial charge in [-0.05, 0) is 12.1 Å². The Balaban J connectivity index is 1.47. The van der Waals surface area contributed by atoms with Crippen LogP contribution in [0.1, 0.15) is 34.0 Å². The molecule has 0 spiro atoms. The van der Waals surface area contributed by atoms with E-state index < -0.39 is 22.1 Å². The number of fused-ring (bicyclic) bond motifs is 1. The molecule has 162 valence electrons. The Labute approximate surface area is 185 Å². The number of nitrogens with zero attached hydrogens (tertiary/aromatic N) is 1. The van der Waals surface area contributed by atoms with E-state index >= 15 is 0 Å². The van der Waals surface area contributed by atoms with E-state index in [1.807, 2.05) is 6.07 Å². The average molecular weight is 449 g/mol. The third-order valence-electron chi connectivity index (χ3n) is 4.90. The maximum atomic E-state index is 13.0. The highest BCUT2D eigenvalue weighted by Crippen LogP contribution is 2.24. The van der Waals surface area contributed by atoms with E-state index in [-0.39, 0.29) is 29.5 Å². The molecule has 0 amide bonds. The summed E-state index contributed by atoms with van der Waals surface area (Å²) in [7, 11) is -3.64. The molecule has 4 rings (SSSR count). The Bertz CT molecular complexity index is 1270. The van der Waals surface area contributed by atoms with Gasteiger partial charge < -0.3 is 4.74 Å². The van der Waals surface area contributed by atoms with Gasteiger partial charge in [-0.15, -0.1) is 0 Å². The Morgan fingerprint density at radius 1 is 0.875 bits per heavy atom. The molecule has 3 aromatic rings. The zero-order chi connectivity index (χ0) is 22.6. The Morgan fingerprint density at radius 3 is 2.22 bits per heavy atom. The van der Waals surface area contributed by atoms with Gasteiger partial charge in [0.2, 0.25) is 5.78 Å². The van der Waals surface area contributed by atoms with E-state index in [1.54, 1.807) is 72.8 Å². The fraction of sp³-hybridized carbons (Fsp3) is 0.125. The quantitative estimate of drug-likeness (QED) is 0.441. The maximum absolute atomic E-state index is 13.0. The number of ether oxygens (including phenoxy) is 1. The second-order valence-electron chi connectivity index (χ2n) is 7.09. The number of sulfonamides is 1. The minimum atomic E-state index is -3.64. The summed E-state index contributed by atoms with van der Waals surface area (Å²) < 4.78 is 32.2. The van der Waals surface area contributed by atoms with E-state index in [0.717, 1.165) is 0 Å². The van der Waals surface area contributed by atoms with Gasteiger partial charge in [0.05, 0.1) is 17.9 Å². The number of rotatable bonds is 7. The first kappa shape index (κ1) is 21.5. The van der Waals surface area contributed by atoms with E-state index in [2.05, 4.69) is 9.71 Å². The molecule has 1 aliphatic heterocycles. The third-order valence-corrected chi connectivity index (χ3v) is 6.29. The van der Waals surface area contributed by atoms with Crippen molar-refractivity contribution < 1.29 is 22.7 Å². The number of ketones is 1. The lowest BCUT2D eigenvalue weighted by Crippen LogP contribution is -2.23. The molecule has 0 fully saturated rings. The monoisotopic (exact) mass is 448 g/mol. The van der Waals surface area contributed by atoms with Gasteiger partial charge in [-0.2, -0.15) is 0 Å². The molecule has 0 saturated heterocycles. The zero-order valence-electron chi connectivity index (χ0n) is 17.0. The second kappa shape index (κ2) is 9.15. The Kier molecular flexibility index (Phi) is 6.13. The average Bonchev–Trinajstić information content (AvgIpc) is 3.08. The highest BCUT2D eigenvalue weighted by molar-refractivity contribution is 7.90. The van der Waals surface area contributed by atoms with Crippen LogP contribution in [0.5, 0.6) is 0 Å². The van der Waals surface area contributed by atoms with Crippen molar-refractivity contribution in [3.8, 4) is 0 Å². The summed E-state index contributed by atoms with van der Waals surface area (Å²) in [5.41, 5.74) is 1.46. The summed E-state index contributed by atoms with van der Waals surface area (Å²) in [4.78, 5) is 29.9. The van der Waals surface area contributed by atoms with Crippen molar-refractivity contribution >= 4 is 27.6 Å². The van der Waals surface area contributed by atoms with Crippen molar-refractivity contribution in [2.75, 3.05) is 6.54 Å². The van der Waals surface area contributed by atoms with Crippen molar-refractivity contribution in [3.05, 3.63) is 102 Å². The number of nitrogens with one attached hydrogen (secondary N) is 1. The van der Waals surface area contributed by atoms with Crippen LogP contribution >= 0.6 is 0 Å². The van der Waals surface area contributed by atoms with E-state index in [4.69, 9.17) is 4.74 Å². The van der Waals surface area contributed by atoms with Gasteiger partial charge in [-0.25, -0.2) is 8.42 Å². The molecule has 7 nitrogen and oxygen atoms in total. The molecule has 8 heteroatoms. The van der Waals surface area contributed by atoms with Crippen LogP contribution in [0.15, 0.2) is 94.8 Å². The van der Waals surface area contributed by atoms with Crippen molar-refractivity contribution in [1.29, 1.82) is 0 Å². The lowest BCUT2D eigenvalue weighted by Gasteiger charge is -2.17. The fourth-order valence-electron chi connectivity index (χ4n) is 3.36. The third kappa shape index (κ3) is 4.60. The van der Waals surface area contributed by atoms with Crippen LogP contribution in [0, 0.1) is 0 Å². The second-order valence-corrected chi connectivity index (χ2v) is 8.74. The van der Waals surface area contributed by atoms with Crippen molar-refractivity contribution in [3.63, 3.8) is 0 Å². The molecule has 1 atom stereocenters. The van der Waals surface area contributed by atoms with Gasteiger partial charge >= 0.3 is 5.97 Å². The van der Waals surface area contributed by atoms with E-state index in [0.29, 0.717) is 16.7 Å². The summed E-state index contributed by atoms with van der Waals surface area (Å²) in [6.45, 7) is 0.00601. The lowest BCUT2D eigenvalue weighted by atomic mass is 10.00. The van der Waals surface area contributed by atoms with Gasteiger partial charge in [-0.1, -0.05) is 72.8 Å². The highest BCUT2D eigenvalue weighted by Gasteiger charge is 2.30. The first-order chi connectivity index (χ1) is 15.5. The van der Waals surface area contributed by atoms with Crippen LogP contribution in [0.25, 0.3) is 0 Å². The van der Waals surface area contributed by atoms with Gasteiger partial charge in [0.15, 0.2) is 6.10 Å². The van der Waals surface area contributed by atoms with Gasteiger partial charge in [-0.3, -0.25) is 19.3 Å². The number of carbonyl (C=O) groups is 2. The van der Waals surface area contributed by atoms with Crippen molar-refractivity contribution in [2.24, 2.45) is 4.99 Å². The normalized spacial score (nSPS) is 16.1. The maximum Gasteiger partial charge on any atom is 0.308 e. The van der Waals surface area contributed by atoms with Crippen LogP contribution in [-0.2, 0) is 19.6 Å². The molecule has 1 heterocycles. The van der Waals surface area contributed by atoms with Crippen LogP contribution in [0.4, 0.5) is 0 Å². The number of hydrogen-bond acceptors (Lipinski definition) is 6. The molecule has 0 bridgehead atoms. The predicted octanol–water partition coefficient (Wildman–Crippen LogP) is 3.28. The van der Waals surface area contributed by atoms with Crippen LogP contribution in [0.2, 0.25) is 0 Å². The molecule has 0 radical (unpaired) electrons. The molecule has 1 aliphatic rings. The number of carbonyl (C=O) groups excluding carboxylic acids is 2. The number of hydrogen-bond donors (Lipinski definition) is 1. The van der Waals surface area contributed by atoms with E-state index in [9.17, 15) is 18.0 Å². The van der Waals surface area contributed by atoms with Crippen molar-refractivity contribution in [1.82, 2.24) is 4.72 Å².